The Bertz CT molecular complexity index is 613. The lowest BCUT2D eigenvalue weighted by atomic mass is 10.2. The first-order valence-corrected chi connectivity index (χ1v) is 9.92. The predicted molar refractivity (Wildman–Crippen MR) is 94.9 cm³/mol. The summed E-state index contributed by atoms with van der Waals surface area (Å²) >= 11 is 0. The number of nitrogens with one attached hydrogen (secondary N) is 1. The third-order valence-corrected chi connectivity index (χ3v) is 4.13. The number of carbonyl (C=O) groups is 3. The first-order valence-electron chi connectivity index (χ1n) is 8.21. The molecule has 26 heavy (non-hydrogen) atoms. The molecule has 0 saturated carbocycles. The summed E-state index contributed by atoms with van der Waals surface area (Å²) in [6.07, 6.45) is 0.409. The molecule has 1 heterocycles. The number of alkyl carbamates (subject to hydrolysis) is 1. The molecule has 2 atom stereocenters. The number of nitrogens with two attached hydrogens (primary N) is 1. The number of hydrogen-bond donors (Lipinski definition) is 3. The maximum absolute atomic E-state index is 12.2. The highest BCUT2D eigenvalue weighted by atomic mass is 32.2. The molecule has 0 radical (unpaired) electrons. The third kappa shape index (κ3) is 9.56. The van der Waals surface area contributed by atoms with Crippen molar-refractivity contribution in [3.63, 3.8) is 0 Å². The summed E-state index contributed by atoms with van der Waals surface area (Å²) in [5.41, 5.74) is -0.649. The topological polar surface area (TPSA) is 156 Å². The van der Waals surface area contributed by atoms with E-state index < -0.39 is 45.7 Å². The zero-order valence-electron chi connectivity index (χ0n) is 15.8. The van der Waals surface area contributed by atoms with Gasteiger partial charge in [-0.15, -0.1) is 0 Å². The van der Waals surface area contributed by atoms with Crippen molar-refractivity contribution >= 4 is 28.0 Å². The highest BCUT2D eigenvalue weighted by molar-refractivity contribution is 7.89. The minimum atomic E-state index is -3.16. The molecule has 10 nitrogen and oxygen atoms in total. The normalized spacial score (nSPS) is 18.4. The summed E-state index contributed by atoms with van der Waals surface area (Å²) in [5, 5.41) is 16.0. The number of carbonyl (C=O) groups excluding carboxylic acids is 2. The van der Waals surface area contributed by atoms with E-state index in [1.165, 1.54) is 18.7 Å². The third-order valence-electron chi connectivity index (χ3n) is 3.33. The van der Waals surface area contributed by atoms with Gasteiger partial charge in [0.1, 0.15) is 17.7 Å². The fourth-order valence-corrected chi connectivity index (χ4v) is 2.08. The summed E-state index contributed by atoms with van der Waals surface area (Å²) < 4.78 is 24.6. The number of primary sulfonamides is 1. The number of amides is 2. The van der Waals surface area contributed by atoms with Gasteiger partial charge in [-0.25, -0.2) is 23.1 Å². The number of hydrogen-bond acceptors (Lipinski definition) is 6. The van der Waals surface area contributed by atoms with Crippen LogP contribution in [-0.4, -0.2) is 66.4 Å². The van der Waals surface area contributed by atoms with Gasteiger partial charge in [-0.1, -0.05) is 0 Å². The fourth-order valence-electron chi connectivity index (χ4n) is 2.08. The Hall–Kier alpha value is -1.88. The van der Waals surface area contributed by atoms with Crippen LogP contribution in [0.5, 0.6) is 0 Å². The van der Waals surface area contributed by atoms with Gasteiger partial charge in [0.25, 0.3) is 0 Å². The van der Waals surface area contributed by atoms with Crippen molar-refractivity contribution in [2.24, 2.45) is 5.14 Å². The summed E-state index contributed by atoms with van der Waals surface area (Å²) in [4.78, 5) is 36.1. The van der Waals surface area contributed by atoms with Gasteiger partial charge in [-0.3, -0.25) is 4.79 Å². The Morgan fingerprint density at radius 2 is 1.85 bits per heavy atom. The number of carboxylic acids is 1. The molecule has 1 rings (SSSR count). The molecule has 4 N–H and O–H groups in total. The zero-order valence-corrected chi connectivity index (χ0v) is 16.6. The molecule has 1 fully saturated rings. The fraction of sp³-hybridized carbons (Fsp3) is 0.800. The van der Waals surface area contributed by atoms with E-state index in [0.717, 1.165) is 0 Å². The van der Waals surface area contributed by atoms with Crippen molar-refractivity contribution in [2.75, 3.05) is 12.3 Å². The Kier molecular flexibility index (Phi) is 9.01. The van der Waals surface area contributed by atoms with E-state index in [1.807, 2.05) is 0 Å². The SMILES string of the molecule is CCS(N)(=O)=O.C[C@H](NC(=O)OC(C)(C)C)C(=O)N1CCC[C@H]1C(=O)O. The molecule has 11 heteroatoms. The number of nitrogens with zero attached hydrogens (tertiary/aromatic N) is 1. The van der Waals surface area contributed by atoms with Gasteiger partial charge in [0.2, 0.25) is 15.9 Å². The quantitative estimate of drug-likeness (QED) is 0.616. The monoisotopic (exact) mass is 395 g/mol. The standard InChI is InChI=1S/C13H22N2O5.C2H7NO2S/c1-8(14-12(19)20-13(2,3)4)10(16)15-7-5-6-9(15)11(17)18;1-2-6(3,4)5/h8-9H,5-7H2,1-4H3,(H,14,19)(H,17,18);2H2,1H3,(H2,3,4,5)/t8-,9-;/m0./s1. The van der Waals surface area contributed by atoms with Crippen molar-refractivity contribution in [3.05, 3.63) is 0 Å². The maximum atomic E-state index is 12.2. The molecule has 0 aromatic heterocycles. The Morgan fingerprint density at radius 1 is 1.35 bits per heavy atom. The van der Waals surface area contributed by atoms with E-state index in [2.05, 4.69) is 10.5 Å². The van der Waals surface area contributed by atoms with Crippen LogP contribution < -0.4 is 10.5 Å². The van der Waals surface area contributed by atoms with Gasteiger partial charge in [0, 0.05) is 6.54 Å². The molecule has 2 amide bonds. The van der Waals surface area contributed by atoms with Crippen LogP contribution in [0.25, 0.3) is 0 Å². The van der Waals surface area contributed by atoms with Crippen LogP contribution in [0.15, 0.2) is 0 Å². The highest BCUT2D eigenvalue weighted by Crippen LogP contribution is 2.18. The number of likely N-dealkylation sites (tertiary alicyclic amines) is 1. The predicted octanol–water partition coefficient (Wildman–Crippen LogP) is 0.270. The van der Waals surface area contributed by atoms with Crippen LogP contribution >= 0.6 is 0 Å². The Morgan fingerprint density at radius 3 is 2.23 bits per heavy atom. The van der Waals surface area contributed by atoms with Crippen LogP contribution in [0.2, 0.25) is 0 Å². The molecule has 0 spiro atoms. The second kappa shape index (κ2) is 9.72. The lowest BCUT2D eigenvalue weighted by Gasteiger charge is -2.26. The van der Waals surface area contributed by atoms with Crippen molar-refractivity contribution in [2.45, 2.75) is 65.1 Å². The van der Waals surface area contributed by atoms with E-state index in [1.54, 1.807) is 20.8 Å². The van der Waals surface area contributed by atoms with Crippen molar-refractivity contribution in [1.82, 2.24) is 10.2 Å². The second-order valence-electron chi connectivity index (χ2n) is 6.85. The Labute approximate surface area is 154 Å². The molecule has 0 unspecified atom stereocenters. The van der Waals surface area contributed by atoms with Gasteiger partial charge in [-0.05, 0) is 47.5 Å². The van der Waals surface area contributed by atoms with Gasteiger partial charge in [0.05, 0.1) is 5.75 Å². The largest absolute Gasteiger partial charge is 0.480 e. The number of aliphatic carboxylic acids is 1. The first kappa shape index (κ1) is 24.1. The number of sulfonamides is 1. The number of ether oxygens (including phenoxy) is 1. The van der Waals surface area contributed by atoms with Gasteiger partial charge < -0.3 is 20.1 Å². The average molecular weight is 395 g/mol. The van der Waals surface area contributed by atoms with Crippen LogP contribution in [0.4, 0.5) is 4.79 Å². The van der Waals surface area contributed by atoms with Crippen LogP contribution in [0.1, 0.15) is 47.5 Å². The van der Waals surface area contributed by atoms with Gasteiger partial charge in [0.15, 0.2) is 0 Å². The minimum Gasteiger partial charge on any atom is -0.480 e. The van der Waals surface area contributed by atoms with E-state index in [4.69, 9.17) is 9.84 Å². The molecule has 0 aromatic carbocycles. The summed E-state index contributed by atoms with van der Waals surface area (Å²) in [5.74, 6) is -1.39. The molecule has 152 valence electrons. The van der Waals surface area contributed by atoms with E-state index in [0.29, 0.717) is 19.4 Å². The number of rotatable bonds is 4. The van der Waals surface area contributed by atoms with Gasteiger partial charge >= 0.3 is 12.1 Å². The molecule has 0 bridgehead atoms. The average Bonchev–Trinajstić information content (AvgIpc) is 2.93. The molecule has 0 aliphatic carbocycles. The van der Waals surface area contributed by atoms with Crippen LogP contribution in [0, 0.1) is 0 Å². The summed E-state index contributed by atoms with van der Waals surface area (Å²) in [6, 6.07) is -1.62. The van der Waals surface area contributed by atoms with Crippen molar-refractivity contribution in [1.29, 1.82) is 0 Å². The molecule has 1 aliphatic heterocycles. The summed E-state index contributed by atoms with van der Waals surface area (Å²) in [7, 11) is -3.16. The number of carboxylic acid groups (broad SMARTS) is 1. The van der Waals surface area contributed by atoms with E-state index in [-0.39, 0.29) is 5.75 Å². The molecule has 1 saturated heterocycles. The van der Waals surface area contributed by atoms with Crippen molar-refractivity contribution < 1.29 is 32.6 Å². The molecule has 1 aliphatic rings. The van der Waals surface area contributed by atoms with E-state index in [9.17, 15) is 22.8 Å². The van der Waals surface area contributed by atoms with E-state index >= 15 is 0 Å². The summed E-state index contributed by atoms with van der Waals surface area (Å²) in [6.45, 7) is 8.58. The Balaban J connectivity index is 0.000000896. The van der Waals surface area contributed by atoms with Gasteiger partial charge in [-0.2, -0.15) is 0 Å². The maximum Gasteiger partial charge on any atom is 0.408 e. The van der Waals surface area contributed by atoms with Crippen molar-refractivity contribution in [3.8, 4) is 0 Å². The molecular weight excluding hydrogens is 366 g/mol. The lowest BCUT2D eigenvalue weighted by Crippen LogP contribution is -2.51. The van der Waals surface area contributed by atoms with Crippen LogP contribution in [-0.2, 0) is 24.3 Å². The molecular formula is C15H29N3O7S. The lowest BCUT2D eigenvalue weighted by molar-refractivity contribution is -0.148. The first-order chi connectivity index (χ1) is 11.7. The van der Waals surface area contributed by atoms with Crippen LogP contribution in [0.3, 0.4) is 0 Å². The zero-order chi connectivity index (χ0) is 20.7. The highest BCUT2D eigenvalue weighted by Gasteiger charge is 2.36. The molecule has 0 aromatic rings. The second-order valence-corrected chi connectivity index (χ2v) is 8.75. The minimum absolute atomic E-state index is 0.0208. The smallest absolute Gasteiger partial charge is 0.408 e.